The molecule has 0 spiro atoms. The van der Waals surface area contributed by atoms with E-state index in [1.54, 1.807) is 12.1 Å². The molecule has 0 bridgehead atoms. The van der Waals surface area contributed by atoms with E-state index in [0.29, 0.717) is 35.5 Å². The number of aromatic nitrogens is 2. The highest BCUT2D eigenvalue weighted by atomic mass is 32.2. The van der Waals surface area contributed by atoms with Crippen LogP contribution in [0.4, 0.5) is 22.2 Å². The second-order valence-electron chi connectivity index (χ2n) is 13.2. The van der Waals surface area contributed by atoms with E-state index in [1.165, 1.54) is 66.8 Å². The monoisotopic (exact) mass is 855 g/mol. The van der Waals surface area contributed by atoms with Crippen LogP contribution < -0.4 is 30.7 Å². The van der Waals surface area contributed by atoms with Crippen molar-refractivity contribution in [3.8, 4) is 17.7 Å². The molecule has 5 amide bonds. The van der Waals surface area contributed by atoms with E-state index in [0.717, 1.165) is 22.6 Å². The number of carbonyl (C=O) groups excluding carboxylic acids is 5. The number of ether oxygens (including phenoxy) is 1. The highest BCUT2D eigenvalue weighted by molar-refractivity contribution is 7.92. The summed E-state index contributed by atoms with van der Waals surface area (Å²) >= 11 is 0.913. The molecule has 1 fully saturated rings. The van der Waals surface area contributed by atoms with Crippen molar-refractivity contribution in [3.05, 3.63) is 98.7 Å². The van der Waals surface area contributed by atoms with Crippen LogP contribution in [0.1, 0.15) is 58.6 Å². The number of anilines is 3. The molecule has 1 atom stereocenters. The lowest BCUT2D eigenvalue weighted by Crippen LogP contribution is -2.52. The number of nitro groups is 1. The molecular formula is C39H37N9O10S2. The molecule has 0 radical (unpaired) electrons. The Balaban J connectivity index is 0.918. The van der Waals surface area contributed by atoms with Crippen molar-refractivity contribution in [1.82, 2.24) is 25.5 Å². The lowest BCUT2D eigenvalue weighted by Gasteiger charge is -2.29. The minimum absolute atomic E-state index is 0.0233. The normalized spacial score (nSPS) is 14.8. The van der Waals surface area contributed by atoms with Gasteiger partial charge in [-0.15, -0.1) is 0 Å². The molecule has 2 aromatic carbocycles. The predicted octanol–water partition coefficient (Wildman–Crippen LogP) is 3.42. The molecule has 19 nitrogen and oxygen atoms in total. The van der Waals surface area contributed by atoms with Gasteiger partial charge >= 0.3 is 5.00 Å². The Bertz CT molecular complexity index is 2550. The molecule has 0 saturated carbocycles. The fraction of sp³-hybridized carbons (Fsp3) is 0.256. The Morgan fingerprint density at radius 3 is 2.65 bits per heavy atom. The Kier molecular flexibility index (Phi) is 13.5. The SMILES string of the molecule is COc1nc(C#CCNC(=O)CCCCNc2cccc3c2CN(C2CCC(=O)NC2=O)C3=O)cnc1NS(=O)(=O)c1ccc(NC(=O)/C=C/c2ccc([N+](=O)[O-])s2)cc1. The summed E-state index contributed by atoms with van der Waals surface area (Å²) in [5.74, 6) is 3.40. The molecule has 4 aromatic rings. The Morgan fingerprint density at radius 1 is 1.12 bits per heavy atom. The average molecular weight is 856 g/mol. The number of nitrogens with one attached hydrogen (secondary N) is 5. The quantitative estimate of drug-likeness (QED) is 0.0271. The summed E-state index contributed by atoms with van der Waals surface area (Å²) in [4.78, 5) is 82.2. The Morgan fingerprint density at radius 2 is 1.92 bits per heavy atom. The number of benzene rings is 2. The molecule has 2 aromatic heterocycles. The van der Waals surface area contributed by atoms with Crippen LogP contribution in [0, 0.1) is 22.0 Å². The molecule has 5 N–H and O–H groups in total. The number of nitrogens with zero attached hydrogens (tertiary/aromatic N) is 4. The maximum absolute atomic E-state index is 13.1. The molecule has 310 valence electrons. The number of fused-ring (bicyclic) bond motifs is 1. The first-order valence-electron chi connectivity index (χ1n) is 18.3. The van der Waals surface area contributed by atoms with Gasteiger partial charge in [0, 0.05) is 65.5 Å². The number of rotatable bonds is 16. The lowest BCUT2D eigenvalue weighted by molar-refractivity contribution is -0.380. The van der Waals surface area contributed by atoms with Gasteiger partial charge in [0.15, 0.2) is 0 Å². The first-order valence-corrected chi connectivity index (χ1v) is 20.6. The maximum atomic E-state index is 13.1. The van der Waals surface area contributed by atoms with Gasteiger partial charge in [-0.25, -0.2) is 13.4 Å². The number of carbonyl (C=O) groups is 5. The van der Waals surface area contributed by atoms with Gasteiger partial charge in [-0.05, 0) is 73.7 Å². The van der Waals surface area contributed by atoms with Crippen LogP contribution >= 0.6 is 11.3 Å². The highest BCUT2D eigenvalue weighted by Gasteiger charge is 2.39. The number of amides is 5. The van der Waals surface area contributed by atoms with Crippen molar-refractivity contribution < 1.29 is 42.1 Å². The van der Waals surface area contributed by atoms with Gasteiger partial charge in [0.2, 0.25) is 29.4 Å². The van der Waals surface area contributed by atoms with Gasteiger partial charge in [0.1, 0.15) is 11.7 Å². The van der Waals surface area contributed by atoms with Crippen LogP contribution in [0.5, 0.6) is 5.88 Å². The van der Waals surface area contributed by atoms with Crippen molar-refractivity contribution in [2.45, 2.75) is 49.6 Å². The zero-order chi connectivity index (χ0) is 42.8. The second kappa shape index (κ2) is 19.0. The second-order valence-corrected chi connectivity index (χ2v) is 16.0. The van der Waals surface area contributed by atoms with Crippen LogP contribution in [-0.4, -0.2) is 84.0 Å². The molecule has 60 heavy (non-hydrogen) atoms. The summed E-state index contributed by atoms with van der Waals surface area (Å²) in [5, 5.41) is 21.7. The zero-order valence-corrected chi connectivity index (χ0v) is 33.5. The van der Waals surface area contributed by atoms with E-state index >= 15 is 0 Å². The maximum Gasteiger partial charge on any atom is 0.324 e. The number of hydrogen-bond acceptors (Lipinski definition) is 14. The molecule has 4 heterocycles. The Labute approximate surface area is 347 Å². The van der Waals surface area contributed by atoms with Gasteiger partial charge < -0.3 is 25.6 Å². The third-order valence-corrected chi connectivity index (χ3v) is 11.5. The number of sulfonamides is 1. The minimum Gasteiger partial charge on any atom is -0.478 e. The van der Waals surface area contributed by atoms with Gasteiger partial charge in [0.05, 0.1) is 29.7 Å². The molecule has 2 aliphatic heterocycles. The van der Waals surface area contributed by atoms with Crippen molar-refractivity contribution >= 4 is 79.2 Å². The van der Waals surface area contributed by atoms with Gasteiger partial charge in [0.25, 0.3) is 21.8 Å². The molecule has 1 saturated heterocycles. The summed E-state index contributed by atoms with van der Waals surface area (Å²) in [6, 6.07) is 12.8. The van der Waals surface area contributed by atoms with E-state index < -0.39 is 32.8 Å². The summed E-state index contributed by atoms with van der Waals surface area (Å²) < 4.78 is 33.7. The van der Waals surface area contributed by atoms with Gasteiger partial charge in [-0.2, -0.15) is 4.98 Å². The first kappa shape index (κ1) is 42.4. The van der Waals surface area contributed by atoms with Crippen LogP contribution in [-0.2, 0) is 35.7 Å². The molecule has 2 aliphatic rings. The standard InChI is InChI=1S/C39H37N9O10S2/c1-58-38-36(46-60(56,57)27-14-10-24(11-15-27)43-33(50)17-12-26-13-19-35(59-26)48(54)55)42-22-25(44-38)6-5-21-41-32(49)9-2-3-20-40-30-8-4-7-28-29(30)23-47(39(28)53)31-16-18-34(51)45-37(31)52/h4,7-8,10-15,17,19,22,31,40H,2-3,9,16,18,20-21,23H2,1H3,(H,41,49)(H,42,46)(H,43,50)(H,45,51,52)/b17-12+. The topological polar surface area (TPSA) is 261 Å². The van der Waals surface area contributed by atoms with Crippen molar-refractivity contribution in [3.63, 3.8) is 0 Å². The number of unbranched alkanes of at least 4 members (excludes halogenated alkanes) is 1. The van der Waals surface area contributed by atoms with Crippen LogP contribution in [0.15, 0.2) is 71.8 Å². The fourth-order valence-electron chi connectivity index (χ4n) is 6.17. The largest absolute Gasteiger partial charge is 0.478 e. The van der Waals surface area contributed by atoms with Crippen molar-refractivity contribution in [1.29, 1.82) is 0 Å². The van der Waals surface area contributed by atoms with Gasteiger partial charge in [-0.3, -0.25) is 44.1 Å². The number of thiophene rings is 1. The molecule has 6 rings (SSSR count). The van der Waals surface area contributed by atoms with E-state index in [-0.39, 0.29) is 77.4 Å². The summed E-state index contributed by atoms with van der Waals surface area (Å²) in [6.45, 7) is 0.824. The summed E-state index contributed by atoms with van der Waals surface area (Å²) in [5.41, 5.74) is 2.54. The number of hydrogen-bond donors (Lipinski definition) is 5. The molecule has 0 aliphatic carbocycles. The lowest BCUT2D eigenvalue weighted by atomic mass is 10.0. The smallest absolute Gasteiger partial charge is 0.324 e. The van der Waals surface area contributed by atoms with Crippen LogP contribution in [0.3, 0.4) is 0 Å². The van der Waals surface area contributed by atoms with Crippen molar-refractivity contribution in [2.75, 3.05) is 35.6 Å². The highest BCUT2D eigenvalue weighted by Crippen LogP contribution is 2.32. The van der Waals surface area contributed by atoms with E-state index in [4.69, 9.17) is 4.74 Å². The first-order chi connectivity index (χ1) is 28.8. The van der Waals surface area contributed by atoms with Crippen LogP contribution in [0.25, 0.3) is 6.08 Å². The number of methoxy groups -OCH3 is 1. The zero-order valence-electron chi connectivity index (χ0n) is 31.9. The Hall–Kier alpha value is -7.18. The average Bonchev–Trinajstić information content (AvgIpc) is 3.84. The number of piperidine rings is 1. The van der Waals surface area contributed by atoms with E-state index in [1.807, 2.05) is 6.07 Å². The molecule has 1 unspecified atom stereocenters. The minimum atomic E-state index is -4.16. The molecule has 21 heteroatoms. The fourth-order valence-corrected chi connectivity index (χ4v) is 7.90. The molecular weight excluding hydrogens is 819 g/mol. The number of imide groups is 1. The summed E-state index contributed by atoms with van der Waals surface area (Å²) in [7, 11) is -2.88. The van der Waals surface area contributed by atoms with Crippen LogP contribution in [0.2, 0.25) is 0 Å². The van der Waals surface area contributed by atoms with Gasteiger partial charge in [-0.1, -0.05) is 23.3 Å². The summed E-state index contributed by atoms with van der Waals surface area (Å²) in [6.07, 6.45) is 5.83. The van der Waals surface area contributed by atoms with E-state index in [9.17, 15) is 42.5 Å². The predicted molar refractivity (Wildman–Crippen MR) is 219 cm³/mol. The third kappa shape index (κ3) is 10.7. The van der Waals surface area contributed by atoms with E-state index in [2.05, 4.69) is 47.8 Å². The third-order valence-electron chi connectivity index (χ3n) is 9.11. The van der Waals surface area contributed by atoms with Crippen molar-refractivity contribution in [2.24, 2.45) is 0 Å².